The standard InChI is InChI=1S/C24H26BrN3O7/c1-13-7-17(8-14(2)22(13)25)26-20(29)12-35-24(32)16-10-21(30)28(11-16)27-23(31)15-5-6-18(33-3)19(9-15)34-4/h5-9,16H,10-12H2,1-4H3,(H,26,29)(H,27,31)/t16-/m0/s1. The van der Waals surface area contributed by atoms with Crippen molar-refractivity contribution < 1.29 is 33.4 Å². The van der Waals surface area contributed by atoms with Gasteiger partial charge in [-0.3, -0.25) is 29.6 Å². The summed E-state index contributed by atoms with van der Waals surface area (Å²) in [6.45, 7) is 3.25. The largest absolute Gasteiger partial charge is 0.493 e. The van der Waals surface area contributed by atoms with Gasteiger partial charge in [-0.25, -0.2) is 0 Å². The minimum Gasteiger partial charge on any atom is -0.493 e. The number of aryl methyl sites for hydroxylation is 2. The maximum absolute atomic E-state index is 12.6. The van der Waals surface area contributed by atoms with Crippen LogP contribution in [0.25, 0.3) is 0 Å². The van der Waals surface area contributed by atoms with Crippen LogP contribution in [0.4, 0.5) is 5.69 Å². The maximum Gasteiger partial charge on any atom is 0.311 e. The Balaban J connectivity index is 1.52. The van der Waals surface area contributed by atoms with Crippen molar-refractivity contribution in [1.29, 1.82) is 0 Å². The molecule has 1 saturated heterocycles. The molecule has 3 rings (SSSR count). The molecular weight excluding hydrogens is 522 g/mol. The quantitative estimate of drug-likeness (QED) is 0.487. The maximum atomic E-state index is 12.6. The van der Waals surface area contributed by atoms with Gasteiger partial charge in [-0.15, -0.1) is 0 Å². The Hall–Kier alpha value is -3.60. The van der Waals surface area contributed by atoms with E-state index in [0.29, 0.717) is 17.2 Å². The number of nitrogens with one attached hydrogen (secondary N) is 2. The normalized spacial score (nSPS) is 14.9. The molecule has 35 heavy (non-hydrogen) atoms. The van der Waals surface area contributed by atoms with Crippen LogP contribution in [0, 0.1) is 19.8 Å². The molecule has 1 heterocycles. The van der Waals surface area contributed by atoms with Crippen molar-refractivity contribution in [2.45, 2.75) is 20.3 Å². The number of rotatable bonds is 8. The number of carbonyl (C=O) groups excluding carboxylic acids is 4. The molecule has 0 saturated carbocycles. The molecule has 10 nitrogen and oxygen atoms in total. The zero-order valence-electron chi connectivity index (χ0n) is 19.8. The number of hydrogen-bond acceptors (Lipinski definition) is 7. The van der Waals surface area contributed by atoms with Crippen molar-refractivity contribution in [2.24, 2.45) is 5.92 Å². The number of carbonyl (C=O) groups is 4. The first-order chi connectivity index (χ1) is 16.6. The topological polar surface area (TPSA) is 123 Å². The van der Waals surface area contributed by atoms with E-state index in [4.69, 9.17) is 14.2 Å². The average molecular weight is 548 g/mol. The number of halogens is 1. The molecule has 1 aliphatic heterocycles. The number of amides is 3. The van der Waals surface area contributed by atoms with E-state index in [1.54, 1.807) is 18.2 Å². The number of ether oxygens (including phenoxy) is 3. The van der Waals surface area contributed by atoms with E-state index in [0.717, 1.165) is 20.6 Å². The predicted octanol–water partition coefficient (Wildman–Crippen LogP) is 2.76. The number of anilines is 1. The zero-order valence-corrected chi connectivity index (χ0v) is 21.4. The Labute approximate surface area is 211 Å². The van der Waals surface area contributed by atoms with Crippen LogP contribution in [0.1, 0.15) is 27.9 Å². The molecule has 3 amide bonds. The number of nitrogens with zero attached hydrogens (tertiary/aromatic N) is 1. The Morgan fingerprint density at radius 1 is 1.06 bits per heavy atom. The monoisotopic (exact) mass is 547 g/mol. The van der Waals surface area contributed by atoms with Crippen molar-refractivity contribution in [3.05, 3.63) is 51.5 Å². The number of methoxy groups -OCH3 is 2. The van der Waals surface area contributed by atoms with E-state index in [9.17, 15) is 19.2 Å². The highest BCUT2D eigenvalue weighted by molar-refractivity contribution is 9.10. The molecule has 1 atom stereocenters. The zero-order chi connectivity index (χ0) is 25.7. The first-order valence-electron chi connectivity index (χ1n) is 10.7. The summed E-state index contributed by atoms with van der Waals surface area (Å²) in [5, 5.41) is 3.75. The van der Waals surface area contributed by atoms with Crippen LogP contribution < -0.4 is 20.2 Å². The van der Waals surface area contributed by atoms with Gasteiger partial charge < -0.3 is 19.5 Å². The van der Waals surface area contributed by atoms with Gasteiger partial charge in [0.25, 0.3) is 11.8 Å². The average Bonchev–Trinajstić information content (AvgIpc) is 3.20. The summed E-state index contributed by atoms with van der Waals surface area (Å²) < 4.78 is 16.4. The summed E-state index contributed by atoms with van der Waals surface area (Å²) in [6.07, 6.45) is -0.141. The second-order valence-electron chi connectivity index (χ2n) is 8.00. The summed E-state index contributed by atoms with van der Waals surface area (Å²) in [5.41, 5.74) is 5.23. The minimum absolute atomic E-state index is 0.0661. The molecule has 0 aliphatic carbocycles. The molecule has 1 aliphatic rings. The fourth-order valence-corrected chi connectivity index (χ4v) is 3.84. The summed E-state index contributed by atoms with van der Waals surface area (Å²) in [7, 11) is 2.92. The first-order valence-corrected chi connectivity index (χ1v) is 11.5. The van der Waals surface area contributed by atoms with Crippen molar-refractivity contribution in [3.8, 4) is 11.5 Å². The highest BCUT2D eigenvalue weighted by atomic mass is 79.9. The fourth-order valence-electron chi connectivity index (χ4n) is 3.61. The molecule has 11 heteroatoms. The second-order valence-corrected chi connectivity index (χ2v) is 8.79. The number of benzene rings is 2. The molecule has 0 radical (unpaired) electrons. The highest BCUT2D eigenvalue weighted by Crippen LogP contribution is 2.28. The fraction of sp³-hybridized carbons (Fsp3) is 0.333. The lowest BCUT2D eigenvalue weighted by molar-refractivity contribution is -0.151. The van der Waals surface area contributed by atoms with E-state index in [2.05, 4.69) is 26.7 Å². The van der Waals surface area contributed by atoms with Crippen molar-refractivity contribution in [1.82, 2.24) is 10.4 Å². The number of hydrazine groups is 1. The van der Waals surface area contributed by atoms with Crippen LogP contribution in [0.15, 0.2) is 34.8 Å². The van der Waals surface area contributed by atoms with Crippen LogP contribution >= 0.6 is 15.9 Å². The van der Waals surface area contributed by atoms with Crippen molar-refractivity contribution in [2.75, 3.05) is 32.7 Å². The predicted molar refractivity (Wildman–Crippen MR) is 130 cm³/mol. The lowest BCUT2D eigenvalue weighted by Gasteiger charge is -2.18. The van der Waals surface area contributed by atoms with Gasteiger partial charge in [-0.2, -0.15) is 0 Å². The van der Waals surface area contributed by atoms with Crippen molar-refractivity contribution in [3.63, 3.8) is 0 Å². The van der Waals surface area contributed by atoms with Gasteiger partial charge in [-0.1, -0.05) is 15.9 Å². The van der Waals surface area contributed by atoms with Crippen LogP contribution in [0.2, 0.25) is 0 Å². The smallest absolute Gasteiger partial charge is 0.311 e. The van der Waals surface area contributed by atoms with Gasteiger partial charge in [0.1, 0.15) is 0 Å². The Bertz CT molecular complexity index is 1140. The summed E-state index contributed by atoms with van der Waals surface area (Å²) >= 11 is 3.47. The Morgan fingerprint density at radius 2 is 1.71 bits per heavy atom. The third-order valence-electron chi connectivity index (χ3n) is 5.41. The molecular formula is C24H26BrN3O7. The van der Waals surface area contributed by atoms with E-state index < -0.39 is 36.2 Å². The molecule has 2 aromatic rings. The SMILES string of the molecule is COc1ccc(C(=O)NN2C[C@@H](C(=O)OCC(=O)Nc3cc(C)c(Br)c(C)c3)CC2=O)cc1OC. The lowest BCUT2D eigenvalue weighted by Crippen LogP contribution is -2.43. The lowest BCUT2D eigenvalue weighted by atomic mass is 10.1. The first kappa shape index (κ1) is 26.0. The van der Waals surface area contributed by atoms with E-state index in [1.165, 1.54) is 26.4 Å². The van der Waals surface area contributed by atoms with E-state index >= 15 is 0 Å². The summed E-state index contributed by atoms with van der Waals surface area (Å²) in [6, 6.07) is 8.17. The molecule has 0 spiro atoms. The highest BCUT2D eigenvalue weighted by Gasteiger charge is 2.36. The van der Waals surface area contributed by atoms with Crippen LogP contribution in [-0.2, 0) is 19.1 Å². The van der Waals surface area contributed by atoms with Crippen LogP contribution in [0.5, 0.6) is 11.5 Å². The van der Waals surface area contributed by atoms with Crippen LogP contribution in [-0.4, -0.2) is 56.1 Å². The second kappa shape index (κ2) is 11.2. The van der Waals surface area contributed by atoms with Crippen molar-refractivity contribution >= 4 is 45.3 Å². The number of esters is 1. The molecule has 2 aromatic carbocycles. The summed E-state index contributed by atoms with van der Waals surface area (Å²) in [4.78, 5) is 49.5. The minimum atomic E-state index is -0.807. The Kier molecular flexibility index (Phi) is 8.34. The van der Waals surface area contributed by atoms with Gasteiger partial charge >= 0.3 is 5.97 Å². The molecule has 0 unspecified atom stereocenters. The van der Waals surface area contributed by atoms with E-state index in [-0.39, 0.29) is 18.5 Å². The third kappa shape index (κ3) is 6.30. The van der Waals surface area contributed by atoms with E-state index in [1.807, 2.05) is 13.8 Å². The van der Waals surface area contributed by atoms with Gasteiger partial charge in [0.15, 0.2) is 18.1 Å². The molecule has 0 aromatic heterocycles. The van der Waals surface area contributed by atoms with Gasteiger partial charge in [0, 0.05) is 22.1 Å². The molecule has 186 valence electrons. The number of hydrogen-bond donors (Lipinski definition) is 2. The van der Waals surface area contributed by atoms with Gasteiger partial charge in [-0.05, 0) is 55.3 Å². The Morgan fingerprint density at radius 3 is 2.34 bits per heavy atom. The van der Waals surface area contributed by atoms with Gasteiger partial charge in [0.05, 0.1) is 26.7 Å². The molecule has 1 fully saturated rings. The van der Waals surface area contributed by atoms with Gasteiger partial charge in [0.2, 0.25) is 5.91 Å². The summed E-state index contributed by atoms with van der Waals surface area (Å²) in [5.74, 6) is -2.17. The third-order valence-corrected chi connectivity index (χ3v) is 6.66. The molecule has 0 bridgehead atoms. The molecule has 2 N–H and O–H groups in total. The van der Waals surface area contributed by atoms with Crippen LogP contribution in [0.3, 0.4) is 0 Å².